The highest BCUT2D eigenvalue weighted by Gasteiger charge is 2.00. The fourth-order valence-electron chi connectivity index (χ4n) is 0.686. The minimum absolute atomic E-state index is 0.997. The van der Waals surface area contributed by atoms with Crippen LogP contribution >= 0.6 is 0 Å². The van der Waals surface area contributed by atoms with Crippen LogP contribution in [0.2, 0.25) is 0 Å². The second-order valence-electron chi connectivity index (χ2n) is 2.02. The van der Waals surface area contributed by atoms with E-state index in [1.807, 2.05) is 0 Å². The van der Waals surface area contributed by atoms with E-state index >= 15 is 0 Å². The van der Waals surface area contributed by atoms with Gasteiger partial charge < -0.3 is 0 Å². The van der Waals surface area contributed by atoms with E-state index in [1.165, 1.54) is 12.8 Å². The van der Waals surface area contributed by atoms with Gasteiger partial charge in [-0.05, 0) is 6.42 Å². The van der Waals surface area contributed by atoms with Gasteiger partial charge in [0, 0.05) is 6.42 Å². The lowest BCUT2D eigenvalue weighted by atomic mass is 10.2. The van der Waals surface area contributed by atoms with Crippen molar-refractivity contribution in [3.8, 4) is 0 Å². The van der Waals surface area contributed by atoms with E-state index in [9.17, 15) is 0 Å². The van der Waals surface area contributed by atoms with Gasteiger partial charge in [-0.2, -0.15) is 0 Å². The Kier molecular flexibility index (Phi) is 2.32. The highest BCUT2D eigenvalue weighted by atomic mass is 15.8. The van der Waals surface area contributed by atoms with Crippen LogP contribution in [0.5, 0.6) is 0 Å². The molecular weight excluding hydrogens is 116 g/mol. The van der Waals surface area contributed by atoms with E-state index in [2.05, 4.69) is 28.5 Å². The first-order chi connectivity index (χ1) is 4.43. The maximum Gasteiger partial charge on any atom is 0.139 e. The second-order valence-corrected chi connectivity index (χ2v) is 2.02. The number of hydrogen-bond donors (Lipinski definition) is 3. The second kappa shape index (κ2) is 3.29. The number of amidine groups is 1. The summed E-state index contributed by atoms with van der Waals surface area (Å²) < 4.78 is 0. The average Bonchev–Trinajstić information content (AvgIpc) is 2.34. The molecule has 0 radical (unpaired) electrons. The molecule has 1 heterocycles. The summed E-state index contributed by atoms with van der Waals surface area (Å²) in [7, 11) is 0. The molecule has 0 amide bonds. The lowest BCUT2D eigenvalue weighted by Crippen LogP contribution is -2.34. The Morgan fingerprint density at radius 1 is 1.56 bits per heavy atom. The molecule has 0 aromatic carbocycles. The van der Waals surface area contributed by atoms with E-state index in [0.717, 1.165) is 12.3 Å². The van der Waals surface area contributed by atoms with Gasteiger partial charge in [-0.15, -0.1) is 10.6 Å². The summed E-state index contributed by atoms with van der Waals surface area (Å²) in [4.78, 5) is 0. The van der Waals surface area contributed by atoms with Crippen molar-refractivity contribution in [1.82, 2.24) is 16.5 Å². The molecule has 3 N–H and O–H groups in total. The van der Waals surface area contributed by atoms with Gasteiger partial charge in [0.15, 0.2) is 0 Å². The average molecular weight is 128 g/mol. The minimum Gasteiger partial charge on any atom is -0.289 e. The topological polar surface area (TPSA) is 48.5 Å². The van der Waals surface area contributed by atoms with Gasteiger partial charge in [0.2, 0.25) is 0 Å². The van der Waals surface area contributed by atoms with Crippen molar-refractivity contribution in [3.05, 3.63) is 0 Å². The van der Waals surface area contributed by atoms with Gasteiger partial charge in [-0.25, -0.2) is 5.53 Å². The van der Waals surface area contributed by atoms with Crippen LogP contribution in [0.4, 0.5) is 0 Å². The molecule has 0 atom stereocenters. The number of nitrogens with zero attached hydrogens (tertiary/aromatic N) is 1. The number of nitrogens with one attached hydrogen (secondary N) is 3. The molecule has 4 heteroatoms. The molecule has 0 fully saturated rings. The van der Waals surface area contributed by atoms with Gasteiger partial charge in [-0.3, -0.25) is 5.43 Å². The molecule has 1 rings (SSSR count). The fourth-order valence-corrected chi connectivity index (χ4v) is 0.686. The van der Waals surface area contributed by atoms with Gasteiger partial charge in [0.25, 0.3) is 0 Å². The SMILES string of the molecule is CCCCC1=NNNN1. The molecular formula is C5H12N4. The first-order valence-corrected chi connectivity index (χ1v) is 3.26. The van der Waals surface area contributed by atoms with Crippen LogP contribution < -0.4 is 16.5 Å². The van der Waals surface area contributed by atoms with Crippen LogP contribution in [0.25, 0.3) is 0 Å². The highest BCUT2D eigenvalue weighted by molar-refractivity contribution is 5.82. The minimum atomic E-state index is 0.997. The summed E-state index contributed by atoms with van der Waals surface area (Å²) in [5.41, 5.74) is 8.17. The molecule has 4 nitrogen and oxygen atoms in total. The Morgan fingerprint density at radius 3 is 3.00 bits per heavy atom. The van der Waals surface area contributed by atoms with Crippen molar-refractivity contribution in [2.75, 3.05) is 0 Å². The highest BCUT2D eigenvalue weighted by Crippen LogP contribution is 1.94. The molecule has 0 saturated carbocycles. The predicted octanol–water partition coefficient (Wildman–Crippen LogP) is 0.102. The normalized spacial score (nSPS) is 16.3. The van der Waals surface area contributed by atoms with Crippen LogP contribution in [0, 0.1) is 0 Å². The van der Waals surface area contributed by atoms with Crippen LogP contribution in [-0.2, 0) is 0 Å². The Morgan fingerprint density at radius 2 is 2.44 bits per heavy atom. The molecule has 0 aromatic heterocycles. The van der Waals surface area contributed by atoms with Crippen LogP contribution in [0.3, 0.4) is 0 Å². The summed E-state index contributed by atoms with van der Waals surface area (Å²) in [6, 6.07) is 0. The molecule has 0 aromatic rings. The number of unbranched alkanes of at least 4 members (excludes halogenated alkanes) is 1. The Hall–Kier alpha value is -0.770. The zero-order chi connectivity index (χ0) is 6.53. The van der Waals surface area contributed by atoms with E-state index < -0.39 is 0 Å². The largest absolute Gasteiger partial charge is 0.289 e. The van der Waals surface area contributed by atoms with Gasteiger partial charge >= 0.3 is 0 Å². The summed E-state index contributed by atoms with van der Waals surface area (Å²) in [5, 5.41) is 3.92. The Bertz CT molecular complexity index is 110. The number of rotatable bonds is 3. The summed E-state index contributed by atoms with van der Waals surface area (Å²) >= 11 is 0. The zero-order valence-electron chi connectivity index (χ0n) is 5.57. The Balaban J connectivity index is 2.11. The quantitative estimate of drug-likeness (QED) is 0.505. The molecule has 52 valence electrons. The number of hydrazone groups is 1. The molecule has 0 unspecified atom stereocenters. The first-order valence-electron chi connectivity index (χ1n) is 3.26. The summed E-state index contributed by atoms with van der Waals surface area (Å²) in [6.45, 7) is 2.16. The maximum atomic E-state index is 3.92. The van der Waals surface area contributed by atoms with Crippen LogP contribution in [0.1, 0.15) is 26.2 Å². The molecule has 9 heavy (non-hydrogen) atoms. The monoisotopic (exact) mass is 128 g/mol. The lowest BCUT2D eigenvalue weighted by molar-refractivity contribution is 0.575. The van der Waals surface area contributed by atoms with Gasteiger partial charge in [0.1, 0.15) is 5.84 Å². The molecule has 1 aliphatic rings. The van der Waals surface area contributed by atoms with Crippen molar-refractivity contribution >= 4 is 5.84 Å². The fraction of sp³-hybridized carbons (Fsp3) is 0.800. The maximum absolute atomic E-state index is 3.92. The van der Waals surface area contributed by atoms with Crippen molar-refractivity contribution < 1.29 is 0 Å². The standard InChI is InChI=1S/C5H12N4/c1-2-3-4-5-6-8-9-7-5/h8-9H,2-4H2,1H3,(H,6,7). The smallest absolute Gasteiger partial charge is 0.139 e. The molecule has 0 bridgehead atoms. The predicted molar refractivity (Wildman–Crippen MR) is 36.4 cm³/mol. The van der Waals surface area contributed by atoms with Crippen LogP contribution in [-0.4, -0.2) is 5.84 Å². The van der Waals surface area contributed by atoms with Crippen molar-refractivity contribution in [3.63, 3.8) is 0 Å². The van der Waals surface area contributed by atoms with Crippen molar-refractivity contribution in [1.29, 1.82) is 0 Å². The van der Waals surface area contributed by atoms with E-state index in [-0.39, 0.29) is 0 Å². The van der Waals surface area contributed by atoms with Crippen LogP contribution in [0.15, 0.2) is 5.10 Å². The molecule has 0 spiro atoms. The number of hydrazine groups is 2. The molecule has 0 saturated heterocycles. The molecule has 0 aliphatic carbocycles. The lowest BCUT2D eigenvalue weighted by Gasteiger charge is -1.95. The van der Waals surface area contributed by atoms with Gasteiger partial charge in [-0.1, -0.05) is 13.3 Å². The van der Waals surface area contributed by atoms with Gasteiger partial charge in [0.05, 0.1) is 0 Å². The third-order valence-electron chi connectivity index (χ3n) is 1.22. The first kappa shape index (κ1) is 6.35. The van der Waals surface area contributed by atoms with Crippen molar-refractivity contribution in [2.45, 2.75) is 26.2 Å². The third-order valence-corrected chi connectivity index (χ3v) is 1.22. The third kappa shape index (κ3) is 1.89. The van der Waals surface area contributed by atoms with E-state index in [4.69, 9.17) is 0 Å². The zero-order valence-corrected chi connectivity index (χ0v) is 5.57. The number of hydrogen-bond acceptors (Lipinski definition) is 4. The Labute approximate surface area is 54.6 Å². The summed E-state index contributed by atoms with van der Waals surface area (Å²) in [5.74, 6) is 0.997. The van der Waals surface area contributed by atoms with Crippen molar-refractivity contribution in [2.24, 2.45) is 5.10 Å². The van der Waals surface area contributed by atoms with E-state index in [0.29, 0.717) is 0 Å². The van der Waals surface area contributed by atoms with E-state index in [1.54, 1.807) is 0 Å². The molecule has 1 aliphatic heterocycles. The summed E-state index contributed by atoms with van der Waals surface area (Å²) in [6.07, 6.45) is 3.42.